The molecule has 0 aromatic rings. The molecule has 0 spiro atoms. The van der Waals surface area contributed by atoms with Crippen LogP contribution in [-0.4, -0.2) is 29.6 Å². The zero-order chi connectivity index (χ0) is 13.3. The molecule has 1 amide bonds. The van der Waals surface area contributed by atoms with Gasteiger partial charge in [0.15, 0.2) is 0 Å². The molecule has 1 saturated heterocycles. The average Bonchev–Trinajstić information content (AvgIpc) is 3.05. The minimum atomic E-state index is -1.30. The normalized spacial score (nSPS) is 33.4. The van der Waals surface area contributed by atoms with Crippen molar-refractivity contribution in [3.05, 3.63) is 0 Å². The van der Waals surface area contributed by atoms with E-state index in [1.54, 1.807) is 6.92 Å². The molecule has 4 heteroatoms. The maximum atomic E-state index is 13.9. The highest BCUT2D eigenvalue weighted by Crippen LogP contribution is 2.47. The van der Waals surface area contributed by atoms with Crippen molar-refractivity contribution in [1.29, 1.82) is 5.26 Å². The monoisotopic (exact) mass is 240 g/mol. The van der Waals surface area contributed by atoms with E-state index < -0.39 is 11.1 Å². The van der Waals surface area contributed by atoms with Crippen molar-refractivity contribution in [2.24, 2.45) is 11.3 Å². The number of nitriles is 1. The van der Waals surface area contributed by atoms with Crippen molar-refractivity contribution in [1.82, 2.24) is 4.90 Å². The Bertz CT molecular complexity index is 342. The van der Waals surface area contributed by atoms with Crippen molar-refractivity contribution >= 4 is 5.91 Å². The second kappa shape index (κ2) is 4.64. The van der Waals surface area contributed by atoms with Gasteiger partial charge in [0.2, 0.25) is 5.91 Å². The minimum Gasteiger partial charge on any atom is -0.338 e. The van der Waals surface area contributed by atoms with Crippen LogP contribution in [0.25, 0.3) is 0 Å². The van der Waals surface area contributed by atoms with Gasteiger partial charge in [-0.2, -0.15) is 5.26 Å². The summed E-state index contributed by atoms with van der Waals surface area (Å²) in [7, 11) is 0. The summed E-state index contributed by atoms with van der Waals surface area (Å²) in [6, 6.07) is 2.06. The van der Waals surface area contributed by atoms with Crippen LogP contribution < -0.4 is 0 Å². The Labute approximate surface area is 103 Å². The number of amides is 1. The summed E-state index contributed by atoms with van der Waals surface area (Å²) in [5.74, 6) is -0.311. The third-order valence-corrected chi connectivity index (χ3v) is 3.68. The Balaban J connectivity index is 0.000000686. The quantitative estimate of drug-likeness (QED) is 0.707. The molecule has 1 saturated carbocycles. The highest BCUT2D eigenvalue weighted by atomic mass is 19.1. The first-order chi connectivity index (χ1) is 7.91. The average molecular weight is 240 g/mol. The summed E-state index contributed by atoms with van der Waals surface area (Å²) < 4.78 is 13.9. The van der Waals surface area contributed by atoms with Crippen LogP contribution >= 0.6 is 0 Å². The molecule has 0 aromatic heterocycles. The predicted octanol–water partition coefficient (Wildman–Crippen LogP) is 2.52. The lowest BCUT2D eigenvalue weighted by Crippen LogP contribution is -2.36. The van der Waals surface area contributed by atoms with Gasteiger partial charge >= 0.3 is 0 Å². The Hall–Kier alpha value is -1.11. The van der Waals surface area contributed by atoms with E-state index in [2.05, 4.69) is 6.07 Å². The Morgan fingerprint density at radius 3 is 2.29 bits per heavy atom. The number of carbonyl (C=O) groups excluding carboxylic acids is 1. The Morgan fingerprint density at radius 1 is 1.47 bits per heavy atom. The highest BCUT2D eigenvalue weighted by Gasteiger charge is 2.55. The number of hydrogen-bond donors (Lipinski definition) is 0. The number of hydrogen-bond acceptors (Lipinski definition) is 2. The van der Waals surface area contributed by atoms with E-state index in [1.165, 1.54) is 11.8 Å². The predicted molar refractivity (Wildman–Crippen MR) is 63.9 cm³/mol. The Morgan fingerprint density at radius 2 is 2.00 bits per heavy atom. The molecule has 2 fully saturated rings. The zero-order valence-electron chi connectivity index (χ0n) is 11.1. The van der Waals surface area contributed by atoms with Crippen LogP contribution in [0.5, 0.6) is 0 Å². The molecular weight excluding hydrogens is 219 g/mol. The van der Waals surface area contributed by atoms with E-state index in [9.17, 15) is 9.18 Å². The van der Waals surface area contributed by atoms with E-state index in [-0.39, 0.29) is 18.4 Å². The summed E-state index contributed by atoms with van der Waals surface area (Å²) in [4.78, 5) is 13.4. The van der Waals surface area contributed by atoms with Crippen molar-refractivity contribution in [3.63, 3.8) is 0 Å². The first-order valence-corrected chi connectivity index (χ1v) is 6.31. The molecule has 96 valence electrons. The SMILES string of the molecule is CC.CC1CN(C(=O)C2(C#N)CC2)CC1(C)F. The number of halogens is 1. The van der Waals surface area contributed by atoms with E-state index in [1.807, 2.05) is 13.8 Å². The van der Waals surface area contributed by atoms with Gasteiger partial charge in [0.05, 0.1) is 12.6 Å². The molecule has 0 radical (unpaired) electrons. The number of nitrogens with zero attached hydrogens (tertiary/aromatic N) is 2. The van der Waals surface area contributed by atoms with Gasteiger partial charge in [0, 0.05) is 12.5 Å². The smallest absolute Gasteiger partial charge is 0.243 e. The lowest BCUT2D eigenvalue weighted by atomic mass is 9.97. The summed E-state index contributed by atoms with van der Waals surface area (Å²) in [6.45, 7) is 7.90. The third-order valence-electron chi connectivity index (χ3n) is 3.68. The van der Waals surface area contributed by atoms with E-state index in [0.29, 0.717) is 19.4 Å². The second-order valence-electron chi connectivity index (χ2n) is 5.06. The lowest BCUT2D eigenvalue weighted by molar-refractivity contribution is -0.134. The van der Waals surface area contributed by atoms with Gasteiger partial charge in [-0.3, -0.25) is 4.79 Å². The van der Waals surface area contributed by atoms with Gasteiger partial charge in [-0.1, -0.05) is 20.8 Å². The van der Waals surface area contributed by atoms with Crippen molar-refractivity contribution in [2.75, 3.05) is 13.1 Å². The summed E-state index contributed by atoms with van der Waals surface area (Å²) in [5.41, 5.74) is -2.11. The largest absolute Gasteiger partial charge is 0.338 e. The molecule has 2 unspecified atom stereocenters. The van der Waals surface area contributed by atoms with E-state index in [0.717, 1.165) is 0 Å². The molecule has 2 atom stereocenters. The maximum absolute atomic E-state index is 13.9. The molecule has 17 heavy (non-hydrogen) atoms. The molecule has 2 rings (SSSR count). The third kappa shape index (κ3) is 2.43. The topological polar surface area (TPSA) is 44.1 Å². The zero-order valence-corrected chi connectivity index (χ0v) is 11.1. The van der Waals surface area contributed by atoms with Crippen LogP contribution in [0.4, 0.5) is 4.39 Å². The van der Waals surface area contributed by atoms with Crippen molar-refractivity contribution < 1.29 is 9.18 Å². The van der Waals surface area contributed by atoms with E-state index in [4.69, 9.17) is 5.26 Å². The second-order valence-corrected chi connectivity index (χ2v) is 5.06. The molecule has 0 aromatic carbocycles. The molecule has 3 nitrogen and oxygen atoms in total. The standard InChI is InChI=1S/C11H15FN2O.C2H6/c1-8-5-14(7-10(8,2)12)9(15)11(6-13)3-4-11;1-2/h8H,3-5,7H2,1-2H3;1-2H3. The van der Waals surface area contributed by atoms with Crippen LogP contribution in [-0.2, 0) is 4.79 Å². The molecular formula is C13H21FN2O. The number of carbonyl (C=O) groups is 1. The van der Waals surface area contributed by atoms with Crippen LogP contribution in [0.2, 0.25) is 0 Å². The van der Waals surface area contributed by atoms with E-state index >= 15 is 0 Å². The van der Waals surface area contributed by atoms with Gasteiger partial charge in [-0.25, -0.2) is 4.39 Å². The summed E-state index contributed by atoms with van der Waals surface area (Å²) in [5, 5.41) is 8.89. The number of likely N-dealkylation sites (tertiary alicyclic amines) is 1. The molecule has 0 bridgehead atoms. The fourth-order valence-electron chi connectivity index (χ4n) is 2.07. The minimum absolute atomic E-state index is 0.135. The van der Waals surface area contributed by atoms with Crippen molar-refractivity contribution in [3.8, 4) is 6.07 Å². The molecule has 0 N–H and O–H groups in total. The summed E-state index contributed by atoms with van der Waals surface area (Å²) in [6.07, 6.45) is 1.27. The lowest BCUT2D eigenvalue weighted by Gasteiger charge is -2.19. The fourth-order valence-corrected chi connectivity index (χ4v) is 2.07. The summed E-state index contributed by atoms with van der Waals surface area (Å²) >= 11 is 0. The van der Waals surface area contributed by atoms with Gasteiger partial charge in [-0.15, -0.1) is 0 Å². The van der Waals surface area contributed by atoms with Gasteiger partial charge < -0.3 is 4.90 Å². The Kier molecular flexibility index (Phi) is 3.81. The molecule has 1 heterocycles. The van der Waals surface area contributed by atoms with Crippen LogP contribution in [0.3, 0.4) is 0 Å². The van der Waals surface area contributed by atoms with Crippen LogP contribution in [0.1, 0.15) is 40.5 Å². The van der Waals surface area contributed by atoms with Gasteiger partial charge in [0.25, 0.3) is 0 Å². The van der Waals surface area contributed by atoms with Crippen molar-refractivity contribution in [2.45, 2.75) is 46.2 Å². The van der Waals surface area contributed by atoms with Gasteiger partial charge in [-0.05, 0) is 19.8 Å². The maximum Gasteiger partial charge on any atom is 0.243 e. The first-order valence-electron chi connectivity index (χ1n) is 6.31. The molecule has 1 aliphatic heterocycles. The van der Waals surface area contributed by atoms with Crippen LogP contribution in [0, 0.1) is 22.7 Å². The number of alkyl halides is 1. The first kappa shape index (κ1) is 14.0. The fraction of sp³-hybridized carbons (Fsp3) is 0.846. The van der Waals surface area contributed by atoms with Crippen LogP contribution in [0.15, 0.2) is 0 Å². The highest BCUT2D eigenvalue weighted by molar-refractivity contribution is 5.88. The number of rotatable bonds is 1. The molecule has 2 aliphatic rings. The van der Waals surface area contributed by atoms with Gasteiger partial charge in [0.1, 0.15) is 11.1 Å². The molecule has 1 aliphatic carbocycles.